The third-order valence-electron chi connectivity index (χ3n) is 2.59. The second kappa shape index (κ2) is 8.65. The van der Waals surface area contributed by atoms with Crippen LogP contribution >= 0.6 is 23.2 Å². The van der Waals surface area contributed by atoms with Gasteiger partial charge < -0.3 is 19.4 Å². The fourth-order valence-electron chi connectivity index (χ4n) is 1.52. The third-order valence-corrected chi connectivity index (χ3v) is 3.12. The Morgan fingerprint density at radius 3 is 2.23 bits per heavy atom. The van der Waals surface area contributed by atoms with Gasteiger partial charge in [0.05, 0.1) is 11.0 Å². The molecular formula is C15H11Cl2NaO4. The number of carboxylic acid groups (broad SMARTS) is 1. The van der Waals surface area contributed by atoms with E-state index in [1.807, 2.05) is 0 Å². The van der Waals surface area contributed by atoms with Gasteiger partial charge in [0.1, 0.15) is 23.4 Å². The van der Waals surface area contributed by atoms with E-state index >= 15 is 0 Å². The van der Waals surface area contributed by atoms with Gasteiger partial charge in [0, 0.05) is 5.02 Å². The number of aliphatic carboxylic acids is 1. The number of halogens is 2. The zero-order chi connectivity index (χ0) is 15.4. The first kappa shape index (κ1) is 19.1. The summed E-state index contributed by atoms with van der Waals surface area (Å²) in [6.07, 6.45) is -1.03. The van der Waals surface area contributed by atoms with Crippen molar-refractivity contribution >= 4 is 29.2 Å². The third kappa shape index (κ3) is 5.38. The van der Waals surface area contributed by atoms with E-state index in [1.165, 1.54) is 6.92 Å². The maximum absolute atomic E-state index is 10.6. The van der Waals surface area contributed by atoms with E-state index in [0.717, 1.165) is 0 Å². The van der Waals surface area contributed by atoms with Gasteiger partial charge in [0.2, 0.25) is 0 Å². The minimum atomic E-state index is -1.27. The first-order valence-electron chi connectivity index (χ1n) is 6.06. The Balaban J connectivity index is 0.00000242. The number of hydrogen-bond donors (Lipinski definition) is 0. The Morgan fingerprint density at radius 2 is 1.68 bits per heavy atom. The summed E-state index contributed by atoms with van der Waals surface area (Å²) in [6, 6.07) is 11.4. The normalized spacial score (nSPS) is 11.2. The molecule has 1 atom stereocenters. The number of carbonyl (C=O) groups is 1. The average molecular weight is 349 g/mol. The predicted octanol–water partition coefficient (Wildman–Crippen LogP) is 0.307. The van der Waals surface area contributed by atoms with Crippen LogP contribution in [0.5, 0.6) is 17.2 Å². The largest absolute Gasteiger partial charge is 1.00 e. The van der Waals surface area contributed by atoms with E-state index in [4.69, 9.17) is 32.7 Å². The van der Waals surface area contributed by atoms with Crippen LogP contribution in [0.15, 0.2) is 42.5 Å². The molecule has 0 bridgehead atoms. The van der Waals surface area contributed by atoms with Crippen LogP contribution in [0.3, 0.4) is 0 Å². The van der Waals surface area contributed by atoms with Crippen LogP contribution in [-0.2, 0) is 4.79 Å². The number of ether oxygens (including phenoxy) is 2. The minimum absolute atomic E-state index is 0. The average Bonchev–Trinajstić information content (AvgIpc) is 2.43. The SMILES string of the molecule is CC(Oc1ccc(Oc2ccc(Cl)cc2Cl)cc1)C(=O)[O-].[Na+]. The second-order valence-corrected chi connectivity index (χ2v) is 5.07. The topological polar surface area (TPSA) is 58.6 Å². The monoisotopic (exact) mass is 348 g/mol. The molecule has 22 heavy (non-hydrogen) atoms. The molecule has 0 heterocycles. The van der Waals surface area contributed by atoms with Crippen LogP contribution < -0.4 is 44.1 Å². The molecule has 0 aliphatic carbocycles. The van der Waals surface area contributed by atoms with Crippen LogP contribution in [0.1, 0.15) is 6.92 Å². The molecular weight excluding hydrogens is 338 g/mol. The van der Waals surface area contributed by atoms with E-state index in [-0.39, 0.29) is 29.6 Å². The Hall–Kier alpha value is -0.910. The summed E-state index contributed by atoms with van der Waals surface area (Å²) in [5.74, 6) is 0.134. The van der Waals surface area contributed by atoms with Gasteiger partial charge in [-0.2, -0.15) is 0 Å². The van der Waals surface area contributed by atoms with Crippen molar-refractivity contribution in [2.24, 2.45) is 0 Å². The van der Waals surface area contributed by atoms with Gasteiger partial charge in [-0.3, -0.25) is 0 Å². The summed E-state index contributed by atoms with van der Waals surface area (Å²) >= 11 is 11.8. The smallest absolute Gasteiger partial charge is 0.546 e. The van der Waals surface area contributed by atoms with Gasteiger partial charge in [-0.15, -0.1) is 0 Å². The Kier molecular flexibility index (Phi) is 7.53. The molecule has 0 saturated carbocycles. The van der Waals surface area contributed by atoms with Crippen LogP contribution in [0.2, 0.25) is 10.0 Å². The number of carbonyl (C=O) groups excluding carboxylic acids is 1. The van der Waals surface area contributed by atoms with Crippen molar-refractivity contribution < 1.29 is 48.9 Å². The number of benzene rings is 2. The minimum Gasteiger partial charge on any atom is -0.546 e. The molecule has 7 heteroatoms. The van der Waals surface area contributed by atoms with E-state index < -0.39 is 12.1 Å². The van der Waals surface area contributed by atoms with Crippen LogP contribution in [0.25, 0.3) is 0 Å². The molecule has 0 N–H and O–H groups in total. The van der Waals surface area contributed by atoms with Crippen molar-refractivity contribution in [1.29, 1.82) is 0 Å². The van der Waals surface area contributed by atoms with E-state index in [1.54, 1.807) is 42.5 Å². The number of carboxylic acids is 1. The quantitative estimate of drug-likeness (QED) is 0.729. The van der Waals surface area contributed by atoms with Crippen molar-refractivity contribution in [3.8, 4) is 17.2 Å². The molecule has 0 aliphatic rings. The maximum atomic E-state index is 10.6. The summed E-state index contributed by atoms with van der Waals surface area (Å²) in [5, 5.41) is 11.5. The molecule has 0 aromatic heterocycles. The molecule has 4 nitrogen and oxygen atoms in total. The maximum Gasteiger partial charge on any atom is 1.00 e. The van der Waals surface area contributed by atoms with Crippen molar-refractivity contribution in [2.75, 3.05) is 0 Å². The van der Waals surface area contributed by atoms with Gasteiger partial charge in [-0.25, -0.2) is 0 Å². The Morgan fingerprint density at radius 1 is 1.09 bits per heavy atom. The van der Waals surface area contributed by atoms with E-state index in [2.05, 4.69) is 0 Å². The van der Waals surface area contributed by atoms with Crippen LogP contribution in [0.4, 0.5) is 0 Å². The molecule has 0 radical (unpaired) electrons. The zero-order valence-electron chi connectivity index (χ0n) is 12.0. The number of hydrogen-bond acceptors (Lipinski definition) is 4. The number of rotatable bonds is 5. The van der Waals surface area contributed by atoms with Crippen molar-refractivity contribution in [3.05, 3.63) is 52.5 Å². The van der Waals surface area contributed by atoms with Gasteiger partial charge in [0.15, 0.2) is 0 Å². The molecule has 0 saturated heterocycles. The van der Waals surface area contributed by atoms with Gasteiger partial charge in [0.25, 0.3) is 0 Å². The van der Waals surface area contributed by atoms with Gasteiger partial charge in [-0.05, 0) is 49.4 Å². The molecule has 0 amide bonds. The van der Waals surface area contributed by atoms with Crippen molar-refractivity contribution in [1.82, 2.24) is 0 Å². The summed E-state index contributed by atoms with van der Waals surface area (Å²) in [7, 11) is 0. The van der Waals surface area contributed by atoms with Gasteiger partial charge >= 0.3 is 29.6 Å². The van der Waals surface area contributed by atoms with Crippen LogP contribution in [-0.4, -0.2) is 12.1 Å². The van der Waals surface area contributed by atoms with Crippen molar-refractivity contribution in [2.45, 2.75) is 13.0 Å². The van der Waals surface area contributed by atoms with E-state index in [0.29, 0.717) is 27.3 Å². The summed E-state index contributed by atoms with van der Waals surface area (Å²) in [6.45, 7) is 1.40. The molecule has 0 fully saturated rings. The Bertz CT molecular complexity index is 646. The molecule has 2 aromatic rings. The first-order valence-corrected chi connectivity index (χ1v) is 6.82. The fraction of sp³-hybridized carbons (Fsp3) is 0.133. The summed E-state index contributed by atoms with van der Waals surface area (Å²) in [4.78, 5) is 10.6. The zero-order valence-corrected chi connectivity index (χ0v) is 15.5. The molecule has 1 unspecified atom stereocenters. The van der Waals surface area contributed by atoms with Crippen molar-refractivity contribution in [3.63, 3.8) is 0 Å². The molecule has 110 valence electrons. The summed E-state index contributed by atoms with van der Waals surface area (Å²) in [5.41, 5.74) is 0. The summed E-state index contributed by atoms with van der Waals surface area (Å²) < 4.78 is 10.8. The Labute approximate surface area is 160 Å². The standard InChI is InChI=1S/C15H12Cl2O4.Na/c1-9(15(18)19)20-11-3-5-12(6-4-11)21-14-7-2-10(16)8-13(14)17;/h2-9H,1H3,(H,18,19);/q;+1/p-1. The molecule has 2 rings (SSSR count). The van der Waals surface area contributed by atoms with Crippen LogP contribution in [0, 0.1) is 0 Å². The molecule has 0 aliphatic heterocycles. The second-order valence-electron chi connectivity index (χ2n) is 4.23. The fourth-order valence-corrected chi connectivity index (χ4v) is 1.97. The first-order chi connectivity index (χ1) is 9.95. The molecule has 0 spiro atoms. The van der Waals surface area contributed by atoms with E-state index in [9.17, 15) is 9.90 Å². The molecule has 2 aromatic carbocycles. The predicted molar refractivity (Wildman–Crippen MR) is 78.1 cm³/mol. The van der Waals surface area contributed by atoms with Gasteiger partial charge in [-0.1, -0.05) is 23.2 Å².